The molecule has 25 heavy (non-hydrogen) atoms. The highest BCUT2D eigenvalue weighted by atomic mass is 32.2. The van der Waals surface area contributed by atoms with E-state index in [2.05, 4.69) is 35.9 Å². The van der Waals surface area contributed by atoms with Gasteiger partial charge in [0.2, 0.25) is 5.91 Å². The average molecular weight is 356 g/mol. The second-order valence-electron chi connectivity index (χ2n) is 8.76. The second kappa shape index (κ2) is 5.97. The fourth-order valence-electron chi connectivity index (χ4n) is 5.07. The van der Waals surface area contributed by atoms with Crippen molar-refractivity contribution >= 4 is 28.4 Å². The number of hydrogen-bond acceptors (Lipinski definition) is 4. The first-order chi connectivity index (χ1) is 11.9. The zero-order valence-electron chi connectivity index (χ0n) is 15.2. The van der Waals surface area contributed by atoms with Crippen LogP contribution in [0, 0.1) is 10.8 Å². The van der Waals surface area contributed by atoms with E-state index in [1.807, 2.05) is 24.3 Å². The summed E-state index contributed by atoms with van der Waals surface area (Å²) in [5.74, 6) is 0.682. The number of nitrogens with zero attached hydrogens (tertiary/aromatic N) is 3. The Morgan fingerprint density at radius 1 is 1.28 bits per heavy atom. The Bertz CT molecular complexity index is 816. The lowest BCUT2D eigenvalue weighted by Crippen LogP contribution is -2.38. The number of benzene rings is 1. The van der Waals surface area contributed by atoms with Crippen molar-refractivity contribution in [3.8, 4) is 0 Å². The van der Waals surface area contributed by atoms with Crippen LogP contribution in [-0.4, -0.2) is 39.3 Å². The predicted octanol–water partition coefficient (Wildman–Crippen LogP) is 4.15. The van der Waals surface area contributed by atoms with Gasteiger partial charge in [-0.1, -0.05) is 56.8 Å². The molecule has 2 aliphatic rings. The average Bonchev–Trinajstić information content (AvgIpc) is 2.81. The molecule has 0 radical (unpaired) electrons. The predicted molar refractivity (Wildman–Crippen MR) is 102 cm³/mol. The van der Waals surface area contributed by atoms with E-state index in [0.717, 1.165) is 35.2 Å². The quantitative estimate of drug-likeness (QED) is 0.776. The summed E-state index contributed by atoms with van der Waals surface area (Å²) in [6, 6.07) is 8.48. The molecule has 1 aromatic carbocycles. The lowest BCUT2D eigenvalue weighted by Gasteiger charge is -2.39. The van der Waals surface area contributed by atoms with Gasteiger partial charge in [-0.05, 0) is 30.1 Å². The van der Waals surface area contributed by atoms with Gasteiger partial charge in [-0.3, -0.25) is 4.79 Å². The summed E-state index contributed by atoms with van der Waals surface area (Å²) in [5, 5.41) is 11.3. The Labute approximate surface area is 153 Å². The summed E-state index contributed by atoms with van der Waals surface area (Å²) in [7, 11) is 0. The number of carbonyl (C=O) groups excluding carboxylic acids is 1. The first-order valence-corrected chi connectivity index (χ1v) is 9.97. The normalized spacial score (nSPS) is 27.6. The van der Waals surface area contributed by atoms with E-state index in [1.54, 1.807) is 6.20 Å². The lowest BCUT2D eigenvalue weighted by atomic mass is 9.65. The first-order valence-electron chi connectivity index (χ1n) is 8.98. The van der Waals surface area contributed by atoms with Crippen molar-refractivity contribution in [1.82, 2.24) is 15.1 Å². The number of amides is 1. The van der Waals surface area contributed by atoms with Crippen LogP contribution in [0.5, 0.6) is 0 Å². The maximum absolute atomic E-state index is 12.9. The van der Waals surface area contributed by atoms with E-state index >= 15 is 0 Å². The summed E-state index contributed by atoms with van der Waals surface area (Å²) in [6.45, 7) is 7.93. The van der Waals surface area contributed by atoms with Crippen LogP contribution in [0.4, 0.5) is 0 Å². The van der Waals surface area contributed by atoms with Crippen LogP contribution in [-0.2, 0) is 4.79 Å². The SMILES string of the molecule is CC1(C)CC2CC(C)(CN2C(=O)CSc2nncc3ccccc23)C1. The Kier molecular flexibility index (Phi) is 4.02. The van der Waals surface area contributed by atoms with Gasteiger partial charge < -0.3 is 4.90 Å². The van der Waals surface area contributed by atoms with Crippen LogP contribution in [0.2, 0.25) is 0 Å². The smallest absolute Gasteiger partial charge is 0.233 e. The molecule has 2 fully saturated rings. The van der Waals surface area contributed by atoms with Gasteiger partial charge in [0.1, 0.15) is 5.03 Å². The Hall–Kier alpha value is -1.62. The Morgan fingerprint density at radius 3 is 2.92 bits per heavy atom. The maximum atomic E-state index is 12.9. The van der Waals surface area contributed by atoms with Crippen molar-refractivity contribution in [2.45, 2.75) is 51.1 Å². The number of aromatic nitrogens is 2. The van der Waals surface area contributed by atoms with Gasteiger partial charge in [-0.15, -0.1) is 5.10 Å². The van der Waals surface area contributed by atoms with Crippen LogP contribution in [0.3, 0.4) is 0 Å². The highest BCUT2D eigenvalue weighted by Gasteiger charge is 2.50. The molecule has 1 aromatic heterocycles. The molecule has 4 nitrogen and oxygen atoms in total. The minimum atomic E-state index is 0.242. The summed E-state index contributed by atoms with van der Waals surface area (Å²) < 4.78 is 0. The van der Waals surface area contributed by atoms with Gasteiger partial charge in [0.15, 0.2) is 0 Å². The molecule has 1 aliphatic heterocycles. The molecule has 1 aliphatic carbocycles. The fraction of sp³-hybridized carbons (Fsp3) is 0.550. The zero-order valence-corrected chi connectivity index (χ0v) is 16.0. The molecule has 0 N–H and O–H groups in total. The van der Waals surface area contributed by atoms with Gasteiger partial charge in [0.25, 0.3) is 0 Å². The molecule has 0 spiro atoms. The molecule has 4 rings (SSSR count). The number of fused-ring (bicyclic) bond motifs is 3. The fourth-order valence-corrected chi connectivity index (χ4v) is 5.95. The molecule has 2 aromatic rings. The molecule has 2 bridgehead atoms. The maximum Gasteiger partial charge on any atom is 0.233 e. The Balaban J connectivity index is 1.48. The van der Waals surface area contributed by atoms with Crippen molar-refractivity contribution in [3.63, 3.8) is 0 Å². The van der Waals surface area contributed by atoms with Crippen LogP contribution < -0.4 is 0 Å². The third-order valence-corrected chi connectivity index (χ3v) is 6.57. The molecule has 1 saturated carbocycles. The molecular formula is C20H25N3OS. The number of thioether (sulfide) groups is 1. The number of rotatable bonds is 3. The van der Waals surface area contributed by atoms with E-state index in [1.165, 1.54) is 18.2 Å². The molecule has 2 unspecified atom stereocenters. The molecule has 132 valence electrons. The topological polar surface area (TPSA) is 46.1 Å². The third-order valence-electron chi connectivity index (χ3n) is 5.60. The molecule has 2 atom stereocenters. The van der Waals surface area contributed by atoms with Crippen LogP contribution in [0.15, 0.2) is 35.5 Å². The number of likely N-dealkylation sites (tertiary alicyclic amines) is 1. The van der Waals surface area contributed by atoms with Crippen molar-refractivity contribution in [2.75, 3.05) is 12.3 Å². The van der Waals surface area contributed by atoms with E-state index in [9.17, 15) is 4.79 Å². The third kappa shape index (κ3) is 3.26. The van der Waals surface area contributed by atoms with Gasteiger partial charge in [-0.25, -0.2) is 0 Å². The van der Waals surface area contributed by atoms with Crippen molar-refractivity contribution in [1.29, 1.82) is 0 Å². The van der Waals surface area contributed by atoms with Crippen molar-refractivity contribution in [3.05, 3.63) is 30.5 Å². The van der Waals surface area contributed by atoms with Gasteiger partial charge in [0, 0.05) is 23.4 Å². The van der Waals surface area contributed by atoms with Crippen LogP contribution in [0.25, 0.3) is 10.8 Å². The molecular weight excluding hydrogens is 330 g/mol. The van der Waals surface area contributed by atoms with Gasteiger partial charge >= 0.3 is 0 Å². The summed E-state index contributed by atoms with van der Waals surface area (Å²) >= 11 is 1.51. The van der Waals surface area contributed by atoms with Crippen molar-refractivity contribution < 1.29 is 4.79 Å². The summed E-state index contributed by atoms with van der Waals surface area (Å²) in [5.41, 5.74) is 0.618. The Morgan fingerprint density at radius 2 is 2.08 bits per heavy atom. The zero-order chi connectivity index (χ0) is 17.7. The number of hydrogen-bond donors (Lipinski definition) is 0. The summed E-state index contributed by atoms with van der Waals surface area (Å²) in [4.78, 5) is 15.0. The monoisotopic (exact) mass is 355 g/mol. The minimum absolute atomic E-state index is 0.242. The molecule has 2 heterocycles. The molecule has 1 amide bonds. The number of carbonyl (C=O) groups is 1. The minimum Gasteiger partial charge on any atom is -0.338 e. The van der Waals surface area contributed by atoms with E-state index in [-0.39, 0.29) is 11.3 Å². The first kappa shape index (κ1) is 16.8. The van der Waals surface area contributed by atoms with Crippen LogP contribution >= 0.6 is 11.8 Å². The van der Waals surface area contributed by atoms with E-state index in [0.29, 0.717) is 17.2 Å². The van der Waals surface area contributed by atoms with Gasteiger partial charge in [-0.2, -0.15) is 5.10 Å². The second-order valence-corrected chi connectivity index (χ2v) is 9.73. The van der Waals surface area contributed by atoms with E-state index in [4.69, 9.17) is 0 Å². The highest BCUT2D eigenvalue weighted by molar-refractivity contribution is 8.00. The largest absolute Gasteiger partial charge is 0.338 e. The van der Waals surface area contributed by atoms with E-state index < -0.39 is 0 Å². The standard InChI is InChI=1S/C20H25N3OS/c1-19(2)8-15-9-20(3,12-19)13-23(15)17(24)11-25-18-16-7-5-4-6-14(16)10-21-22-18/h4-7,10,15H,8-9,11-13H2,1-3H3. The highest BCUT2D eigenvalue weighted by Crippen LogP contribution is 2.52. The lowest BCUT2D eigenvalue weighted by molar-refractivity contribution is -0.129. The molecule has 5 heteroatoms. The van der Waals surface area contributed by atoms with Crippen LogP contribution in [0.1, 0.15) is 40.0 Å². The summed E-state index contributed by atoms with van der Waals surface area (Å²) in [6.07, 6.45) is 5.25. The van der Waals surface area contributed by atoms with Gasteiger partial charge in [0.05, 0.1) is 11.9 Å². The molecule has 1 saturated heterocycles. The van der Waals surface area contributed by atoms with Crippen molar-refractivity contribution in [2.24, 2.45) is 10.8 Å².